The normalized spacial score (nSPS) is 12.1. The number of hydrogen-bond donors (Lipinski definition) is 2. The quantitative estimate of drug-likeness (QED) is 0.607. The summed E-state index contributed by atoms with van der Waals surface area (Å²) in [4.78, 5) is 12.6. The van der Waals surface area contributed by atoms with Gasteiger partial charge in [0.05, 0.1) is 45.7 Å². The number of hydrogen-bond acceptors (Lipinski definition) is 6. The summed E-state index contributed by atoms with van der Waals surface area (Å²) in [5.74, 6) is 1.49. The fourth-order valence-electron chi connectivity index (χ4n) is 2.87. The highest BCUT2D eigenvalue weighted by Gasteiger charge is 2.20. The summed E-state index contributed by atoms with van der Waals surface area (Å²) in [6.45, 7) is 0.181. The lowest BCUT2D eigenvalue weighted by molar-refractivity contribution is -0.121. The Bertz CT molecular complexity index is 906. The van der Waals surface area contributed by atoms with Gasteiger partial charge in [-0.2, -0.15) is 0 Å². The maximum Gasteiger partial charge on any atom is 0.222 e. The van der Waals surface area contributed by atoms with Crippen LogP contribution in [0.1, 0.15) is 23.6 Å². The summed E-state index contributed by atoms with van der Waals surface area (Å²) in [6.07, 6.45) is 0.984. The molecule has 1 amide bonds. The van der Waals surface area contributed by atoms with Crippen molar-refractivity contribution in [2.45, 2.75) is 19.0 Å². The zero-order valence-electron chi connectivity index (χ0n) is 16.9. The number of ether oxygens (including phenoxy) is 3. The van der Waals surface area contributed by atoms with Crippen molar-refractivity contribution in [3.05, 3.63) is 53.6 Å². The van der Waals surface area contributed by atoms with Crippen molar-refractivity contribution in [2.24, 2.45) is 0 Å². The smallest absolute Gasteiger partial charge is 0.222 e. The Morgan fingerprint density at radius 1 is 0.966 bits per heavy atom. The molecule has 0 fully saturated rings. The van der Waals surface area contributed by atoms with Crippen molar-refractivity contribution in [2.75, 3.05) is 27.6 Å². The van der Waals surface area contributed by atoms with Crippen molar-refractivity contribution in [3.8, 4) is 17.2 Å². The summed E-state index contributed by atoms with van der Waals surface area (Å²) in [6, 6.07) is 11.5. The molecule has 2 N–H and O–H groups in total. The fraction of sp³-hybridized carbons (Fsp3) is 0.350. The number of methoxy groups -OCH3 is 3. The molecule has 0 aliphatic heterocycles. The summed E-state index contributed by atoms with van der Waals surface area (Å²) < 4.78 is 41.8. The van der Waals surface area contributed by atoms with E-state index in [-0.39, 0.29) is 18.9 Å². The van der Waals surface area contributed by atoms with E-state index in [2.05, 4.69) is 10.0 Å². The topological polar surface area (TPSA) is 103 Å². The minimum atomic E-state index is -3.52. The Morgan fingerprint density at radius 2 is 1.55 bits per heavy atom. The first-order valence-corrected chi connectivity index (χ1v) is 10.7. The molecule has 0 unspecified atom stereocenters. The van der Waals surface area contributed by atoms with E-state index in [0.717, 1.165) is 6.26 Å². The van der Waals surface area contributed by atoms with Crippen LogP contribution in [-0.2, 0) is 21.4 Å². The van der Waals surface area contributed by atoms with Gasteiger partial charge in [-0.15, -0.1) is 0 Å². The molecule has 2 rings (SSSR count). The molecule has 29 heavy (non-hydrogen) atoms. The second kappa shape index (κ2) is 10.1. The zero-order valence-corrected chi connectivity index (χ0v) is 17.7. The first-order chi connectivity index (χ1) is 13.8. The average molecular weight is 423 g/mol. The van der Waals surface area contributed by atoms with Crippen LogP contribution < -0.4 is 24.2 Å². The molecule has 0 saturated heterocycles. The summed E-state index contributed by atoms with van der Waals surface area (Å²) >= 11 is 0. The molecular formula is C20H26N2O6S. The molecule has 9 heteroatoms. The van der Waals surface area contributed by atoms with Crippen molar-refractivity contribution < 1.29 is 27.4 Å². The molecular weight excluding hydrogens is 396 g/mol. The number of amides is 1. The molecule has 0 aromatic heterocycles. The minimum absolute atomic E-state index is 0.0726. The van der Waals surface area contributed by atoms with Gasteiger partial charge >= 0.3 is 0 Å². The maximum atomic E-state index is 12.6. The summed E-state index contributed by atoms with van der Waals surface area (Å²) in [7, 11) is 1.10. The molecule has 0 heterocycles. The molecule has 2 aromatic rings. The number of nitrogens with one attached hydrogen (secondary N) is 2. The van der Waals surface area contributed by atoms with Gasteiger partial charge in [-0.05, 0) is 29.8 Å². The molecule has 8 nitrogen and oxygen atoms in total. The van der Waals surface area contributed by atoms with Gasteiger partial charge in [-0.3, -0.25) is 4.79 Å². The van der Waals surface area contributed by atoms with Gasteiger partial charge < -0.3 is 19.5 Å². The van der Waals surface area contributed by atoms with E-state index < -0.39 is 16.1 Å². The van der Waals surface area contributed by atoms with Crippen molar-refractivity contribution in [1.29, 1.82) is 0 Å². The molecule has 0 radical (unpaired) electrons. The van der Waals surface area contributed by atoms with Crippen molar-refractivity contribution in [1.82, 2.24) is 10.0 Å². The van der Waals surface area contributed by atoms with Crippen LogP contribution in [0.3, 0.4) is 0 Å². The maximum absolute atomic E-state index is 12.6. The third-order valence-corrected chi connectivity index (χ3v) is 4.97. The number of carbonyl (C=O) groups excluding carboxylic acids is 1. The van der Waals surface area contributed by atoms with E-state index in [9.17, 15) is 13.2 Å². The number of benzene rings is 2. The highest BCUT2D eigenvalue weighted by atomic mass is 32.2. The molecule has 158 valence electrons. The van der Waals surface area contributed by atoms with E-state index in [1.807, 2.05) is 0 Å². The molecule has 2 aromatic carbocycles. The van der Waals surface area contributed by atoms with Crippen LogP contribution in [0.4, 0.5) is 0 Å². The number of carbonyl (C=O) groups is 1. The predicted molar refractivity (Wildman–Crippen MR) is 110 cm³/mol. The first kappa shape index (κ1) is 22.5. The van der Waals surface area contributed by atoms with Gasteiger partial charge in [-0.25, -0.2) is 13.1 Å². The van der Waals surface area contributed by atoms with Crippen LogP contribution in [0.15, 0.2) is 42.5 Å². The first-order valence-electron chi connectivity index (χ1n) is 8.85. The summed E-state index contributed by atoms with van der Waals surface area (Å²) in [5.41, 5.74) is 1.35. The van der Waals surface area contributed by atoms with Gasteiger partial charge in [0, 0.05) is 6.42 Å². The minimum Gasteiger partial charge on any atom is -0.497 e. The fourth-order valence-corrected chi connectivity index (χ4v) is 3.61. The van der Waals surface area contributed by atoms with Gasteiger partial charge in [0.2, 0.25) is 15.9 Å². The number of rotatable bonds is 10. The monoisotopic (exact) mass is 422 g/mol. The van der Waals surface area contributed by atoms with E-state index in [4.69, 9.17) is 14.2 Å². The summed E-state index contributed by atoms with van der Waals surface area (Å²) in [5, 5.41) is 2.80. The third kappa shape index (κ3) is 6.65. The Balaban J connectivity index is 2.14. The lowest BCUT2D eigenvalue weighted by Gasteiger charge is -2.19. The Hall–Kier alpha value is -2.78. The molecule has 0 aliphatic rings. The molecule has 0 spiro atoms. The molecule has 0 saturated carbocycles. The Labute approximate surface area is 171 Å². The van der Waals surface area contributed by atoms with Gasteiger partial charge in [-0.1, -0.05) is 18.2 Å². The SMILES string of the molecule is COc1ccc([C@@H](CC(=O)NCc2c(OC)cccc2OC)NS(C)(=O)=O)cc1. The molecule has 0 aliphatic carbocycles. The Kier molecular flexibility index (Phi) is 7.86. The second-order valence-corrected chi connectivity index (χ2v) is 8.12. The van der Waals surface area contributed by atoms with Crippen LogP contribution in [0, 0.1) is 0 Å². The number of sulfonamides is 1. The Morgan fingerprint density at radius 3 is 2.03 bits per heavy atom. The highest BCUT2D eigenvalue weighted by Crippen LogP contribution is 2.28. The van der Waals surface area contributed by atoms with Gasteiger partial charge in [0.25, 0.3) is 0 Å². The largest absolute Gasteiger partial charge is 0.497 e. The van der Waals surface area contributed by atoms with Crippen LogP contribution in [0.2, 0.25) is 0 Å². The molecule has 1 atom stereocenters. The van der Waals surface area contributed by atoms with E-state index in [0.29, 0.717) is 28.4 Å². The van der Waals surface area contributed by atoms with Gasteiger partial charge in [0.15, 0.2) is 0 Å². The standard InChI is InChI=1S/C20H26N2O6S/c1-26-15-10-8-14(9-11-15)17(22-29(4,24)25)12-20(23)21-13-16-18(27-2)6-5-7-19(16)28-3/h5-11,17,22H,12-13H2,1-4H3,(H,21,23)/t17-/m1/s1. The van der Waals surface area contributed by atoms with Crippen molar-refractivity contribution in [3.63, 3.8) is 0 Å². The van der Waals surface area contributed by atoms with E-state index in [1.165, 1.54) is 14.2 Å². The van der Waals surface area contributed by atoms with Crippen LogP contribution in [0.5, 0.6) is 17.2 Å². The second-order valence-electron chi connectivity index (χ2n) is 6.34. The predicted octanol–water partition coefficient (Wildman–Crippen LogP) is 2.01. The third-order valence-electron chi connectivity index (χ3n) is 4.26. The highest BCUT2D eigenvalue weighted by molar-refractivity contribution is 7.88. The van der Waals surface area contributed by atoms with Crippen LogP contribution in [0.25, 0.3) is 0 Å². The van der Waals surface area contributed by atoms with Crippen LogP contribution in [-0.4, -0.2) is 41.9 Å². The zero-order chi connectivity index (χ0) is 21.4. The lowest BCUT2D eigenvalue weighted by Crippen LogP contribution is -2.33. The lowest BCUT2D eigenvalue weighted by atomic mass is 10.0. The van der Waals surface area contributed by atoms with Crippen LogP contribution >= 0.6 is 0 Å². The van der Waals surface area contributed by atoms with Crippen molar-refractivity contribution >= 4 is 15.9 Å². The van der Waals surface area contributed by atoms with E-state index >= 15 is 0 Å². The van der Waals surface area contributed by atoms with Gasteiger partial charge in [0.1, 0.15) is 17.2 Å². The molecule has 0 bridgehead atoms. The van der Waals surface area contributed by atoms with E-state index in [1.54, 1.807) is 49.6 Å². The average Bonchev–Trinajstić information content (AvgIpc) is 2.70.